The number of hydrogen-bond donors (Lipinski definition) is 1. The van der Waals surface area contributed by atoms with E-state index in [0.717, 1.165) is 0 Å². The zero-order chi connectivity index (χ0) is 15.1. The first kappa shape index (κ1) is 16.3. The van der Waals surface area contributed by atoms with Crippen molar-refractivity contribution in [2.75, 3.05) is 32.3 Å². The third kappa shape index (κ3) is 4.40. The zero-order valence-corrected chi connectivity index (χ0v) is 12.0. The van der Waals surface area contributed by atoms with Gasteiger partial charge in [0.1, 0.15) is 12.4 Å². The van der Waals surface area contributed by atoms with Crippen LogP contribution in [0.5, 0.6) is 5.75 Å². The predicted octanol–water partition coefficient (Wildman–Crippen LogP) is 1.80. The fourth-order valence-electron chi connectivity index (χ4n) is 1.66. The lowest BCUT2D eigenvalue weighted by Gasteiger charge is -2.24. The Bertz CT molecular complexity index is 492. The first-order chi connectivity index (χ1) is 9.49. The minimum atomic E-state index is -0.999. The van der Waals surface area contributed by atoms with Crippen molar-refractivity contribution in [2.24, 2.45) is 0 Å². The van der Waals surface area contributed by atoms with Gasteiger partial charge < -0.3 is 19.5 Å². The number of halogens is 1. The van der Waals surface area contributed by atoms with Gasteiger partial charge in [-0.25, -0.2) is 0 Å². The molecular formula is C13H16ClNO5. The smallest absolute Gasteiger partial charge is 0.305 e. The van der Waals surface area contributed by atoms with Crippen LogP contribution in [0.3, 0.4) is 0 Å². The summed E-state index contributed by atoms with van der Waals surface area (Å²) in [7, 11) is 2.85. The van der Waals surface area contributed by atoms with E-state index in [4.69, 9.17) is 26.2 Å². The van der Waals surface area contributed by atoms with E-state index in [-0.39, 0.29) is 25.5 Å². The molecular weight excluding hydrogens is 286 g/mol. The number of amides is 1. The van der Waals surface area contributed by atoms with Gasteiger partial charge in [-0.2, -0.15) is 0 Å². The van der Waals surface area contributed by atoms with E-state index in [1.165, 1.54) is 19.1 Å². The lowest BCUT2D eigenvalue weighted by atomic mass is 10.2. The Labute approximate surface area is 121 Å². The Morgan fingerprint density at radius 3 is 2.60 bits per heavy atom. The van der Waals surface area contributed by atoms with Gasteiger partial charge in [0.05, 0.1) is 19.2 Å². The number of carboxylic acid groups (broad SMARTS) is 1. The minimum Gasteiger partial charge on any atom is -0.495 e. The minimum absolute atomic E-state index is 0.00816. The molecule has 1 amide bonds. The Kier molecular flexibility index (Phi) is 6.27. The van der Waals surface area contributed by atoms with Crippen LogP contribution < -0.4 is 9.64 Å². The van der Waals surface area contributed by atoms with Crippen molar-refractivity contribution in [2.45, 2.75) is 6.42 Å². The van der Waals surface area contributed by atoms with Crippen molar-refractivity contribution in [3.05, 3.63) is 23.2 Å². The first-order valence-corrected chi connectivity index (χ1v) is 6.22. The highest BCUT2D eigenvalue weighted by Gasteiger charge is 2.20. The highest BCUT2D eigenvalue weighted by Crippen LogP contribution is 2.31. The average molecular weight is 302 g/mol. The summed E-state index contributed by atoms with van der Waals surface area (Å²) >= 11 is 5.92. The largest absolute Gasteiger partial charge is 0.495 e. The molecule has 0 aromatic heterocycles. The van der Waals surface area contributed by atoms with E-state index in [9.17, 15) is 9.59 Å². The lowest BCUT2D eigenvalue weighted by molar-refractivity contribution is -0.136. The van der Waals surface area contributed by atoms with Gasteiger partial charge in [-0.15, -0.1) is 0 Å². The Morgan fingerprint density at radius 1 is 1.35 bits per heavy atom. The summed E-state index contributed by atoms with van der Waals surface area (Å²) in [6.45, 7) is -0.149. The molecule has 0 aliphatic rings. The molecule has 110 valence electrons. The molecule has 1 aromatic carbocycles. The normalized spacial score (nSPS) is 10.2. The summed E-state index contributed by atoms with van der Waals surface area (Å²) in [5.74, 6) is -0.931. The summed E-state index contributed by atoms with van der Waals surface area (Å²) in [5.41, 5.74) is 0.420. The van der Waals surface area contributed by atoms with Gasteiger partial charge in [-0.05, 0) is 18.2 Å². The molecule has 0 unspecified atom stereocenters. The highest BCUT2D eigenvalue weighted by molar-refractivity contribution is 6.31. The lowest BCUT2D eigenvalue weighted by Crippen LogP contribution is -2.35. The van der Waals surface area contributed by atoms with Crippen LogP contribution in [0, 0.1) is 0 Å². The van der Waals surface area contributed by atoms with Crippen molar-refractivity contribution in [3.8, 4) is 5.75 Å². The number of hydrogen-bond acceptors (Lipinski definition) is 4. The maximum Gasteiger partial charge on any atom is 0.305 e. The van der Waals surface area contributed by atoms with E-state index < -0.39 is 5.97 Å². The summed E-state index contributed by atoms with van der Waals surface area (Å²) in [4.78, 5) is 24.0. The van der Waals surface area contributed by atoms with Crippen LogP contribution in [0.1, 0.15) is 6.42 Å². The standard InChI is InChI=1S/C13H16ClNO5/c1-19-8-12(16)15(6-5-13(17)18)10-7-9(14)3-4-11(10)20-2/h3-4,7H,5-6,8H2,1-2H3,(H,17,18). The molecule has 0 aliphatic heterocycles. The number of ether oxygens (including phenoxy) is 2. The molecule has 0 saturated heterocycles. The number of carboxylic acids is 1. The molecule has 1 rings (SSSR count). The molecule has 1 aromatic rings. The van der Waals surface area contributed by atoms with Crippen molar-refractivity contribution >= 4 is 29.2 Å². The van der Waals surface area contributed by atoms with Crippen LogP contribution >= 0.6 is 11.6 Å². The van der Waals surface area contributed by atoms with Gasteiger partial charge in [0.2, 0.25) is 0 Å². The number of carbonyl (C=O) groups is 2. The average Bonchev–Trinajstić information content (AvgIpc) is 2.39. The van der Waals surface area contributed by atoms with Crippen molar-refractivity contribution in [1.29, 1.82) is 0 Å². The molecule has 1 N–H and O–H groups in total. The number of nitrogens with zero attached hydrogens (tertiary/aromatic N) is 1. The van der Waals surface area contributed by atoms with Gasteiger partial charge in [-0.1, -0.05) is 11.6 Å². The summed E-state index contributed by atoms with van der Waals surface area (Å²) < 4.78 is 9.98. The van der Waals surface area contributed by atoms with E-state index in [0.29, 0.717) is 16.5 Å². The van der Waals surface area contributed by atoms with Crippen LogP contribution in [-0.2, 0) is 14.3 Å². The van der Waals surface area contributed by atoms with Crippen LogP contribution in [-0.4, -0.2) is 44.4 Å². The summed E-state index contributed by atoms with van der Waals surface area (Å²) in [5, 5.41) is 9.20. The third-order valence-electron chi connectivity index (χ3n) is 2.55. The molecule has 0 heterocycles. The Morgan fingerprint density at radius 2 is 2.05 bits per heavy atom. The van der Waals surface area contributed by atoms with E-state index >= 15 is 0 Å². The molecule has 0 saturated carbocycles. The second kappa shape index (κ2) is 7.72. The van der Waals surface area contributed by atoms with E-state index in [2.05, 4.69) is 0 Å². The van der Waals surface area contributed by atoms with Gasteiger partial charge >= 0.3 is 5.97 Å². The molecule has 7 heteroatoms. The molecule has 20 heavy (non-hydrogen) atoms. The molecule has 0 spiro atoms. The summed E-state index contributed by atoms with van der Waals surface area (Å²) in [6.07, 6.45) is -0.189. The monoisotopic (exact) mass is 301 g/mol. The zero-order valence-electron chi connectivity index (χ0n) is 11.3. The van der Waals surface area contributed by atoms with Gasteiger partial charge in [0.25, 0.3) is 5.91 Å². The topological polar surface area (TPSA) is 76.1 Å². The van der Waals surface area contributed by atoms with Crippen LogP contribution in [0.25, 0.3) is 0 Å². The molecule has 0 radical (unpaired) electrons. The molecule has 0 atom stereocenters. The molecule has 0 aliphatic carbocycles. The maximum absolute atomic E-state index is 12.0. The van der Waals surface area contributed by atoms with Crippen LogP contribution in [0.15, 0.2) is 18.2 Å². The fourth-order valence-corrected chi connectivity index (χ4v) is 1.83. The first-order valence-electron chi connectivity index (χ1n) is 5.84. The number of methoxy groups -OCH3 is 2. The van der Waals surface area contributed by atoms with Crippen LogP contribution in [0.2, 0.25) is 5.02 Å². The molecule has 0 fully saturated rings. The van der Waals surface area contributed by atoms with Gasteiger partial charge in [-0.3, -0.25) is 9.59 Å². The third-order valence-corrected chi connectivity index (χ3v) is 2.78. The summed E-state index contributed by atoms with van der Waals surface area (Å²) in [6, 6.07) is 4.79. The van der Waals surface area contributed by atoms with Gasteiger partial charge in [0, 0.05) is 18.7 Å². The second-order valence-electron chi connectivity index (χ2n) is 3.94. The van der Waals surface area contributed by atoms with Crippen LogP contribution in [0.4, 0.5) is 5.69 Å². The molecule has 0 bridgehead atoms. The van der Waals surface area contributed by atoms with Crippen molar-refractivity contribution < 1.29 is 24.2 Å². The maximum atomic E-state index is 12.0. The van der Waals surface area contributed by atoms with Crippen molar-refractivity contribution in [1.82, 2.24) is 0 Å². The Balaban J connectivity index is 3.11. The van der Waals surface area contributed by atoms with Crippen molar-refractivity contribution in [3.63, 3.8) is 0 Å². The number of anilines is 1. The van der Waals surface area contributed by atoms with E-state index in [1.54, 1.807) is 18.2 Å². The highest BCUT2D eigenvalue weighted by atomic mass is 35.5. The predicted molar refractivity (Wildman–Crippen MR) is 74.5 cm³/mol. The second-order valence-corrected chi connectivity index (χ2v) is 4.37. The molecule has 6 nitrogen and oxygen atoms in total. The quantitative estimate of drug-likeness (QED) is 0.831. The van der Waals surface area contributed by atoms with Gasteiger partial charge in [0.15, 0.2) is 0 Å². The fraction of sp³-hybridized carbons (Fsp3) is 0.385. The Hall–Kier alpha value is -1.79. The van der Waals surface area contributed by atoms with E-state index in [1.807, 2.05) is 0 Å². The number of rotatable bonds is 7. The number of aliphatic carboxylic acids is 1. The SMILES string of the molecule is COCC(=O)N(CCC(=O)O)c1cc(Cl)ccc1OC. The number of benzene rings is 1. The number of carbonyl (C=O) groups excluding carboxylic acids is 1.